The number of rotatable bonds is 4. The highest BCUT2D eigenvalue weighted by Gasteiger charge is 2.45. The van der Waals surface area contributed by atoms with Crippen molar-refractivity contribution in [2.75, 3.05) is 12.3 Å². The molecule has 19 heavy (non-hydrogen) atoms. The van der Waals surface area contributed by atoms with Gasteiger partial charge in [-0.1, -0.05) is 13.8 Å². The van der Waals surface area contributed by atoms with Gasteiger partial charge in [0.1, 0.15) is 4.90 Å². The first-order chi connectivity index (χ1) is 8.63. The molecule has 0 spiro atoms. The van der Waals surface area contributed by atoms with Gasteiger partial charge in [0, 0.05) is 12.2 Å². The van der Waals surface area contributed by atoms with Gasteiger partial charge in [0.15, 0.2) is 11.6 Å². The van der Waals surface area contributed by atoms with Crippen LogP contribution >= 0.6 is 0 Å². The number of anilines is 1. The van der Waals surface area contributed by atoms with Gasteiger partial charge in [-0.05, 0) is 29.9 Å². The number of hydrogen-bond acceptors (Lipinski definition) is 3. The van der Waals surface area contributed by atoms with E-state index in [1.54, 1.807) is 0 Å². The first kappa shape index (κ1) is 14.2. The number of nitrogens with one attached hydrogen (secondary N) is 1. The van der Waals surface area contributed by atoms with E-state index in [1.165, 1.54) is 0 Å². The van der Waals surface area contributed by atoms with Crippen molar-refractivity contribution in [2.45, 2.75) is 25.2 Å². The number of sulfonamides is 1. The average molecular weight is 290 g/mol. The van der Waals surface area contributed by atoms with Crippen LogP contribution in [0.25, 0.3) is 0 Å². The molecule has 1 aromatic carbocycles. The second kappa shape index (κ2) is 4.42. The molecule has 4 nitrogen and oxygen atoms in total. The van der Waals surface area contributed by atoms with Gasteiger partial charge in [-0.15, -0.1) is 0 Å². The van der Waals surface area contributed by atoms with Crippen LogP contribution in [-0.2, 0) is 10.0 Å². The Bertz CT molecular complexity index is 614. The van der Waals surface area contributed by atoms with Gasteiger partial charge in [-0.2, -0.15) is 0 Å². The molecule has 106 valence electrons. The molecule has 0 amide bonds. The van der Waals surface area contributed by atoms with E-state index in [-0.39, 0.29) is 23.6 Å². The first-order valence-corrected chi connectivity index (χ1v) is 7.36. The zero-order valence-electron chi connectivity index (χ0n) is 10.7. The predicted molar refractivity (Wildman–Crippen MR) is 67.8 cm³/mol. The third-order valence-electron chi connectivity index (χ3n) is 3.54. The molecule has 0 heterocycles. The molecule has 7 heteroatoms. The molecule has 0 radical (unpaired) electrons. The molecule has 1 aliphatic rings. The lowest BCUT2D eigenvalue weighted by atomic mass is 10.1. The van der Waals surface area contributed by atoms with E-state index in [2.05, 4.69) is 4.72 Å². The highest BCUT2D eigenvalue weighted by molar-refractivity contribution is 7.89. The van der Waals surface area contributed by atoms with E-state index < -0.39 is 26.6 Å². The van der Waals surface area contributed by atoms with Crippen LogP contribution in [0.4, 0.5) is 14.5 Å². The van der Waals surface area contributed by atoms with E-state index in [4.69, 9.17) is 5.73 Å². The Kier molecular flexibility index (Phi) is 3.30. The van der Waals surface area contributed by atoms with Crippen LogP contribution in [0.15, 0.2) is 17.0 Å². The van der Waals surface area contributed by atoms with E-state index >= 15 is 0 Å². The summed E-state index contributed by atoms with van der Waals surface area (Å²) in [5, 5.41) is 0. The molecule has 1 unspecified atom stereocenters. The zero-order valence-corrected chi connectivity index (χ0v) is 11.5. The van der Waals surface area contributed by atoms with Crippen LogP contribution in [0, 0.1) is 23.0 Å². The Morgan fingerprint density at radius 2 is 2.00 bits per heavy atom. The van der Waals surface area contributed by atoms with E-state index in [0.717, 1.165) is 18.6 Å². The Balaban J connectivity index is 2.20. The lowest BCUT2D eigenvalue weighted by molar-refractivity contribution is 0.482. The third-order valence-corrected chi connectivity index (χ3v) is 4.97. The molecule has 1 atom stereocenters. The van der Waals surface area contributed by atoms with Gasteiger partial charge in [-0.3, -0.25) is 0 Å². The summed E-state index contributed by atoms with van der Waals surface area (Å²) in [6, 6.07) is 1.66. The molecular weight excluding hydrogens is 274 g/mol. The van der Waals surface area contributed by atoms with E-state index in [0.29, 0.717) is 0 Å². The fourth-order valence-electron chi connectivity index (χ4n) is 1.99. The summed E-state index contributed by atoms with van der Waals surface area (Å²) in [6.45, 7) is 4.25. The number of hydrogen-bond donors (Lipinski definition) is 2. The summed E-state index contributed by atoms with van der Waals surface area (Å²) in [7, 11) is -4.09. The second-order valence-corrected chi connectivity index (χ2v) is 7.29. The minimum atomic E-state index is -4.09. The highest BCUT2D eigenvalue weighted by Crippen LogP contribution is 2.51. The van der Waals surface area contributed by atoms with Crippen molar-refractivity contribution in [3.05, 3.63) is 23.8 Å². The summed E-state index contributed by atoms with van der Waals surface area (Å²) in [4.78, 5) is -0.747. The van der Waals surface area contributed by atoms with Crippen LogP contribution in [0.3, 0.4) is 0 Å². The summed E-state index contributed by atoms with van der Waals surface area (Å²) >= 11 is 0. The van der Waals surface area contributed by atoms with Gasteiger partial charge in [0.2, 0.25) is 10.0 Å². The number of benzene rings is 1. The van der Waals surface area contributed by atoms with Crippen LogP contribution in [0.1, 0.15) is 20.3 Å². The molecule has 1 aromatic rings. The van der Waals surface area contributed by atoms with Crippen LogP contribution in [-0.4, -0.2) is 15.0 Å². The smallest absolute Gasteiger partial charge is 0.243 e. The lowest BCUT2D eigenvalue weighted by Crippen LogP contribution is -2.28. The van der Waals surface area contributed by atoms with Crippen LogP contribution in [0.2, 0.25) is 0 Å². The fourth-order valence-corrected chi connectivity index (χ4v) is 3.19. The number of nitrogens with two attached hydrogens (primary N) is 1. The molecule has 0 bridgehead atoms. The minimum Gasteiger partial charge on any atom is -0.399 e. The first-order valence-electron chi connectivity index (χ1n) is 5.88. The van der Waals surface area contributed by atoms with Crippen molar-refractivity contribution in [2.24, 2.45) is 11.3 Å². The summed E-state index contributed by atoms with van der Waals surface area (Å²) < 4.78 is 52.8. The quantitative estimate of drug-likeness (QED) is 0.832. The lowest BCUT2D eigenvalue weighted by Gasteiger charge is -2.09. The topological polar surface area (TPSA) is 72.2 Å². The Hall–Kier alpha value is -1.21. The van der Waals surface area contributed by atoms with E-state index in [9.17, 15) is 17.2 Å². The third kappa shape index (κ3) is 2.87. The standard InChI is InChI=1S/C12H16F2N2O2S/c1-12(2)5-7(12)6-16-19(17,18)10-4-8(15)3-9(13)11(10)14/h3-4,7,16H,5-6,15H2,1-2H3. The molecule has 3 N–H and O–H groups in total. The molecule has 0 saturated heterocycles. The minimum absolute atomic E-state index is 0.0992. The van der Waals surface area contributed by atoms with Crippen molar-refractivity contribution in [3.63, 3.8) is 0 Å². The summed E-state index contributed by atoms with van der Waals surface area (Å²) in [5.74, 6) is -2.46. The molecular formula is C12H16F2N2O2S. The van der Waals surface area contributed by atoms with Crippen LogP contribution in [0.5, 0.6) is 0 Å². The van der Waals surface area contributed by atoms with Crippen molar-refractivity contribution < 1.29 is 17.2 Å². The van der Waals surface area contributed by atoms with Gasteiger partial charge in [0.05, 0.1) is 0 Å². The molecule has 0 aromatic heterocycles. The van der Waals surface area contributed by atoms with Crippen LogP contribution < -0.4 is 10.5 Å². The molecule has 1 aliphatic carbocycles. The Morgan fingerprint density at radius 3 is 2.53 bits per heavy atom. The molecule has 0 aliphatic heterocycles. The maximum absolute atomic E-state index is 13.5. The van der Waals surface area contributed by atoms with Crippen molar-refractivity contribution in [1.82, 2.24) is 4.72 Å². The average Bonchev–Trinajstić information content (AvgIpc) is 2.89. The normalized spacial score (nSPS) is 21.4. The van der Waals surface area contributed by atoms with Crippen molar-refractivity contribution in [1.29, 1.82) is 0 Å². The number of halogens is 2. The molecule has 1 saturated carbocycles. The van der Waals surface area contributed by atoms with E-state index in [1.807, 2.05) is 13.8 Å². The van der Waals surface area contributed by atoms with Gasteiger partial charge in [0.25, 0.3) is 0 Å². The van der Waals surface area contributed by atoms with Gasteiger partial charge in [-0.25, -0.2) is 21.9 Å². The maximum Gasteiger partial charge on any atom is 0.243 e. The van der Waals surface area contributed by atoms with Crippen molar-refractivity contribution >= 4 is 15.7 Å². The predicted octanol–water partition coefficient (Wildman–Crippen LogP) is 1.87. The summed E-state index contributed by atoms with van der Waals surface area (Å²) in [6.07, 6.45) is 0.906. The maximum atomic E-state index is 13.5. The fraction of sp³-hybridized carbons (Fsp3) is 0.500. The SMILES string of the molecule is CC1(C)CC1CNS(=O)(=O)c1cc(N)cc(F)c1F. The number of nitrogen functional groups attached to an aromatic ring is 1. The Labute approximate surface area is 111 Å². The highest BCUT2D eigenvalue weighted by atomic mass is 32.2. The van der Waals surface area contributed by atoms with Gasteiger partial charge >= 0.3 is 0 Å². The molecule has 1 fully saturated rings. The van der Waals surface area contributed by atoms with Crippen molar-refractivity contribution in [3.8, 4) is 0 Å². The monoisotopic (exact) mass is 290 g/mol. The Morgan fingerprint density at radius 1 is 1.42 bits per heavy atom. The zero-order chi connectivity index (χ0) is 14.4. The molecule has 2 rings (SSSR count). The largest absolute Gasteiger partial charge is 0.399 e. The van der Waals surface area contributed by atoms with Gasteiger partial charge < -0.3 is 5.73 Å². The second-order valence-electron chi connectivity index (χ2n) is 5.56. The summed E-state index contributed by atoms with van der Waals surface area (Å²) in [5.41, 5.74) is 5.30.